The molecular formula is C7H6BrFO4S. The van der Waals surface area contributed by atoms with Gasteiger partial charge in [0.1, 0.15) is 5.82 Å². The Balaban J connectivity index is 3.20. The fraction of sp³-hybridized carbons (Fsp3) is 0.143. The van der Waals surface area contributed by atoms with Gasteiger partial charge in [-0.25, -0.2) is 4.39 Å². The first kappa shape index (κ1) is 11.6. The quantitative estimate of drug-likeness (QED) is 0.807. The first-order valence-electron chi connectivity index (χ1n) is 3.41. The van der Waals surface area contributed by atoms with Crippen LogP contribution in [0.25, 0.3) is 0 Å². The van der Waals surface area contributed by atoms with Crippen molar-refractivity contribution in [1.82, 2.24) is 0 Å². The lowest BCUT2D eigenvalue weighted by molar-refractivity contribution is 0.238. The monoisotopic (exact) mass is 284 g/mol. The zero-order valence-electron chi connectivity index (χ0n) is 6.68. The topological polar surface area (TPSA) is 74.6 Å². The second-order valence-electron chi connectivity index (χ2n) is 2.57. The Labute approximate surface area is 88.3 Å². The van der Waals surface area contributed by atoms with Gasteiger partial charge in [-0.15, -0.1) is 0 Å². The molecule has 0 saturated carbocycles. The maximum Gasteiger partial charge on any atom is 0.296 e. The highest BCUT2D eigenvalue weighted by Crippen LogP contribution is 2.23. The second-order valence-corrected chi connectivity index (χ2v) is 4.96. The van der Waals surface area contributed by atoms with Crippen LogP contribution in [0, 0.1) is 5.82 Å². The predicted molar refractivity (Wildman–Crippen MR) is 50.6 cm³/mol. The van der Waals surface area contributed by atoms with Crippen LogP contribution in [0.3, 0.4) is 0 Å². The number of hydrogen-bond donors (Lipinski definition) is 2. The molecule has 1 unspecified atom stereocenters. The summed E-state index contributed by atoms with van der Waals surface area (Å²) in [4.78, 5) is 0. The third-order valence-electron chi connectivity index (χ3n) is 1.45. The zero-order chi connectivity index (χ0) is 10.9. The molecule has 2 N–H and O–H groups in total. The molecule has 0 aliphatic heterocycles. The SMILES string of the molecule is O=S(=O)(O)C(O)c1cc(F)cc(Br)c1. The third kappa shape index (κ3) is 2.74. The van der Waals surface area contributed by atoms with E-state index in [1.165, 1.54) is 6.07 Å². The lowest BCUT2D eigenvalue weighted by Crippen LogP contribution is -2.11. The van der Waals surface area contributed by atoms with Gasteiger partial charge in [0, 0.05) is 10.0 Å². The lowest BCUT2D eigenvalue weighted by atomic mass is 10.2. The smallest absolute Gasteiger partial charge is 0.296 e. The Hall–Kier alpha value is -0.500. The molecule has 0 aliphatic carbocycles. The molecule has 0 heterocycles. The van der Waals surface area contributed by atoms with Crippen molar-refractivity contribution >= 4 is 26.0 Å². The van der Waals surface area contributed by atoms with Crippen molar-refractivity contribution in [3.8, 4) is 0 Å². The van der Waals surface area contributed by atoms with Crippen LogP contribution in [0.1, 0.15) is 11.0 Å². The van der Waals surface area contributed by atoms with Crippen LogP contribution in [0.2, 0.25) is 0 Å². The highest BCUT2D eigenvalue weighted by Gasteiger charge is 2.22. The van der Waals surface area contributed by atoms with Gasteiger partial charge in [-0.2, -0.15) is 8.42 Å². The maximum atomic E-state index is 12.8. The molecule has 4 nitrogen and oxygen atoms in total. The normalized spacial score (nSPS) is 14.0. The molecule has 14 heavy (non-hydrogen) atoms. The molecule has 78 valence electrons. The van der Waals surface area contributed by atoms with E-state index in [2.05, 4.69) is 15.9 Å². The summed E-state index contributed by atoms with van der Waals surface area (Å²) in [5.74, 6) is -0.711. The molecule has 1 atom stereocenters. The van der Waals surface area contributed by atoms with Crippen LogP contribution in [0.4, 0.5) is 4.39 Å². The summed E-state index contributed by atoms with van der Waals surface area (Å²) in [6.07, 6.45) is 0. The molecule has 0 aliphatic rings. The average molecular weight is 285 g/mol. The highest BCUT2D eigenvalue weighted by atomic mass is 79.9. The van der Waals surface area contributed by atoms with Gasteiger partial charge in [-0.05, 0) is 18.2 Å². The molecular weight excluding hydrogens is 279 g/mol. The van der Waals surface area contributed by atoms with Crippen molar-refractivity contribution in [3.05, 3.63) is 34.1 Å². The Kier molecular flexibility index (Phi) is 3.25. The van der Waals surface area contributed by atoms with Gasteiger partial charge >= 0.3 is 0 Å². The fourth-order valence-electron chi connectivity index (χ4n) is 0.890. The summed E-state index contributed by atoms with van der Waals surface area (Å²) >= 11 is 2.92. The Bertz CT molecular complexity index is 425. The van der Waals surface area contributed by atoms with E-state index in [0.29, 0.717) is 0 Å². The lowest BCUT2D eigenvalue weighted by Gasteiger charge is -2.07. The molecule has 7 heteroatoms. The molecule has 0 bridgehead atoms. The van der Waals surface area contributed by atoms with Gasteiger partial charge in [-0.1, -0.05) is 15.9 Å². The van der Waals surface area contributed by atoms with E-state index in [0.717, 1.165) is 12.1 Å². The highest BCUT2D eigenvalue weighted by molar-refractivity contribution is 9.10. The van der Waals surface area contributed by atoms with Crippen LogP contribution in [0.15, 0.2) is 22.7 Å². The summed E-state index contributed by atoms with van der Waals surface area (Å²) < 4.78 is 42.6. The average Bonchev–Trinajstić information content (AvgIpc) is 1.99. The van der Waals surface area contributed by atoms with Gasteiger partial charge < -0.3 is 5.11 Å². The van der Waals surface area contributed by atoms with Crippen LogP contribution in [0.5, 0.6) is 0 Å². The summed E-state index contributed by atoms with van der Waals surface area (Å²) in [5.41, 5.74) is -2.37. The first-order valence-corrected chi connectivity index (χ1v) is 5.70. The van der Waals surface area contributed by atoms with E-state index in [9.17, 15) is 12.8 Å². The van der Waals surface area contributed by atoms with Crippen molar-refractivity contribution in [1.29, 1.82) is 0 Å². The standard InChI is InChI=1S/C7H6BrFO4S/c8-5-1-4(2-6(9)3-5)7(10)14(11,12)13/h1-3,7,10H,(H,11,12,13). The van der Waals surface area contributed by atoms with E-state index in [-0.39, 0.29) is 10.0 Å². The zero-order valence-corrected chi connectivity index (χ0v) is 9.09. The second kappa shape index (κ2) is 3.93. The minimum absolute atomic E-state index is 0.237. The molecule has 1 rings (SSSR count). The summed E-state index contributed by atoms with van der Waals surface area (Å²) in [6.45, 7) is 0. The third-order valence-corrected chi connectivity index (χ3v) is 2.75. The van der Waals surface area contributed by atoms with E-state index in [1.54, 1.807) is 0 Å². The van der Waals surface area contributed by atoms with Gasteiger partial charge in [0.15, 0.2) is 0 Å². The minimum atomic E-state index is -4.62. The predicted octanol–water partition coefficient (Wildman–Crippen LogP) is 1.47. The molecule has 0 radical (unpaired) electrons. The maximum absolute atomic E-state index is 12.8. The van der Waals surface area contributed by atoms with Gasteiger partial charge in [0.05, 0.1) is 0 Å². The molecule has 0 spiro atoms. The molecule has 0 aromatic heterocycles. The van der Waals surface area contributed by atoms with Gasteiger partial charge in [0.2, 0.25) is 5.44 Å². The fourth-order valence-corrected chi connectivity index (χ4v) is 1.85. The van der Waals surface area contributed by atoms with Crippen molar-refractivity contribution in [2.75, 3.05) is 0 Å². The van der Waals surface area contributed by atoms with Crippen LogP contribution < -0.4 is 0 Å². The molecule has 1 aromatic rings. The largest absolute Gasteiger partial charge is 0.371 e. The number of aliphatic hydroxyl groups excluding tert-OH is 1. The van der Waals surface area contributed by atoms with Crippen LogP contribution in [-0.2, 0) is 10.1 Å². The Morgan fingerprint density at radius 1 is 1.36 bits per heavy atom. The van der Waals surface area contributed by atoms with Crippen molar-refractivity contribution < 1.29 is 22.5 Å². The van der Waals surface area contributed by atoms with Crippen LogP contribution >= 0.6 is 15.9 Å². The number of hydrogen-bond acceptors (Lipinski definition) is 3. The van der Waals surface area contributed by atoms with Crippen LogP contribution in [-0.4, -0.2) is 18.1 Å². The number of halogens is 2. The molecule has 1 aromatic carbocycles. The molecule has 0 amide bonds. The summed E-state index contributed by atoms with van der Waals surface area (Å²) in [5, 5.41) is 9.08. The van der Waals surface area contributed by atoms with E-state index in [4.69, 9.17) is 9.66 Å². The van der Waals surface area contributed by atoms with Gasteiger partial charge in [0.25, 0.3) is 10.1 Å². The number of benzene rings is 1. The van der Waals surface area contributed by atoms with E-state index >= 15 is 0 Å². The Morgan fingerprint density at radius 2 is 1.93 bits per heavy atom. The van der Waals surface area contributed by atoms with Crippen molar-refractivity contribution in [2.24, 2.45) is 0 Å². The first-order chi connectivity index (χ1) is 6.30. The molecule has 0 saturated heterocycles. The summed E-state index contributed by atoms with van der Waals surface area (Å²) in [6, 6.07) is 3.12. The minimum Gasteiger partial charge on any atom is -0.371 e. The van der Waals surface area contributed by atoms with E-state index in [1.807, 2.05) is 0 Å². The van der Waals surface area contributed by atoms with Crippen molar-refractivity contribution in [3.63, 3.8) is 0 Å². The van der Waals surface area contributed by atoms with Gasteiger partial charge in [-0.3, -0.25) is 4.55 Å². The molecule has 0 fully saturated rings. The van der Waals surface area contributed by atoms with Crippen molar-refractivity contribution in [2.45, 2.75) is 5.44 Å². The number of aliphatic hydroxyl groups is 1. The van der Waals surface area contributed by atoms with E-state index < -0.39 is 21.4 Å². The summed E-state index contributed by atoms with van der Waals surface area (Å²) in [7, 11) is -4.62. The Morgan fingerprint density at radius 3 is 2.36 bits per heavy atom. The number of rotatable bonds is 2.